The maximum Gasteiger partial charge on any atom is 0.296 e. The van der Waals surface area contributed by atoms with Gasteiger partial charge in [-0.25, -0.2) is 4.98 Å². The maximum atomic E-state index is 13.5. The minimum atomic E-state index is -0.970. The molecule has 8 nitrogen and oxygen atoms in total. The lowest BCUT2D eigenvalue weighted by atomic mass is 9.95. The van der Waals surface area contributed by atoms with Crippen molar-refractivity contribution in [2.24, 2.45) is 0 Å². The van der Waals surface area contributed by atoms with Gasteiger partial charge in [-0.15, -0.1) is 0 Å². The lowest BCUT2D eigenvalue weighted by Crippen LogP contribution is -2.31. The highest BCUT2D eigenvalue weighted by molar-refractivity contribution is 7.22. The summed E-state index contributed by atoms with van der Waals surface area (Å²) in [5.74, 6) is -0.173. The van der Waals surface area contributed by atoms with E-state index in [1.165, 1.54) is 28.6 Å². The van der Waals surface area contributed by atoms with Crippen molar-refractivity contribution in [1.82, 2.24) is 4.98 Å². The second-order valence-electron chi connectivity index (χ2n) is 8.46. The van der Waals surface area contributed by atoms with Crippen LogP contribution in [0.2, 0.25) is 0 Å². The van der Waals surface area contributed by atoms with Gasteiger partial charge in [0.1, 0.15) is 17.2 Å². The molecule has 0 saturated carbocycles. The van der Waals surface area contributed by atoms with Crippen LogP contribution >= 0.6 is 11.3 Å². The molecule has 0 aliphatic carbocycles. The molecule has 5 aromatic rings. The monoisotopic (exact) mass is 524 g/mol. The zero-order valence-corrected chi connectivity index (χ0v) is 20.8. The summed E-state index contributed by atoms with van der Waals surface area (Å²) < 4.78 is 17.4. The molecule has 9 heteroatoms. The highest BCUT2D eigenvalue weighted by Gasteiger charge is 2.46. The highest BCUT2D eigenvalue weighted by Crippen LogP contribution is 2.45. The van der Waals surface area contributed by atoms with Crippen LogP contribution in [0.25, 0.3) is 10.2 Å². The minimum absolute atomic E-state index is 0.0110. The number of ketones is 1. The van der Waals surface area contributed by atoms with Gasteiger partial charge >= 0.3 is 0 Å². The van der Waals surface area contributed by atoms with Crippen molar-refractivity contribution in [3.63, 3.8) is 0 Å². The van der Waals surface area contributed by atoms with Gasteiger partial charge in [0.2, 0.25) is 5.78 Å². The smallest absolute Gasteiger partial charge is 0.296 e. The van der Waals surface area contributed by atoms with E-state index < -0.39 is 23.5 Å². The second kappa shape index (κ2) is 9.53. The molecule has 2 aromatic heterocycles. The molecular weight excluding hydrogens is 504 g/mol. The number of thiazole rings is 1. The van der Waals surface area contributed by atoms with E-state index in [1.54, 1.807) is 49.6 Å². The third kappa shape index (κ3) is 4.08. The number of hydrogen-bond donors (Lipinski definition) is 1. The number of rotatable bonds is 7. The van der Waals surface area contributed by atoms with Crippen LogP contribution in [0.5, 0.6) is 17.2 Å². The Morgan fingerprint density at radius 2 is 1.79 bits per heavy atom. The zero-order chi connectivity index (χ0) is 26.2. The topological polar surface area (TPSA) is 102 Å². The van der Waals surface area contributed by atoms with Crippen molar-refractivity contribution < 1.29 is 28.6 Å². The molecular formula is C29H20N2O6S. The molecule has 38 heavy (non-hydrogen) atoms. The van der Waals surface area contributed by atoms with Gasteiger partial charge in [0.05, 0.1) is 35.2 Å². The van der Waals surface area contributed by atoms with E-state index in [-0.39, 0.29) is 11.3 Å². The van der Waals surface area contributed by atoms with E-state index in [2.05, 4.69) is 4.98 Å². The van der Waals surface area contributed by atoms with Gasteiger partial charge in [-0.2, -0.15) is 0 Å². The fourth-order valence-corrected chi connectivity index (χ4v) is 5.41. The lowest BCUT2D eigenvalue weighted by Gasteiger charge is -2.24. The van der Waals surface area contributed by atoms with Gasteiger partial charge in [0.15, 0.2) is 16.7 Å². The average molecular weight is 525 g/mol. The number of carbonyl (C=O) groups excluding carboxylic acids is 2. The number of aliphatic hydroxyl groups excluding tert-OH is 1. The number of hydrogen-bond acceptors (Lipinski definition) is 8. The third-order valence-corrected chi connectivity index (χ3v) is 7.16. The first-order chi connectivity index (χ1) is 18.5. The van der Waals surface area contributed by atoms with Crippen LogP contribution in [-0.2, 0) is 4.79 Å². The molecule has 0 radical (unpaired) electrons. The number of fused-ring (bicyclic) bond motifs is 1. The Bertz CT molecular complexity index is 1690. The quantitative estimate of drug-likeness (QED) is 0.243. The summed E-state index contributed by atoms with van der Waals surface area (Å²) in [6.45, 7) is 0. The zero-order valence-electron chi connectivity index (χ0n) is 20.0. The fourth-order valence-electron chi connectivity index (χ4n) is 4.39. The van der Waals surface area contributed by atoms with E-state index in [0.717, 1.165) is 4.70 Å². The number of benzene rings is 3. The Labute approximate surface area is 221 Å². The van der Waals surface area contributed by atoms with Crippen LogP contribution in [0, 0.1) is 0 Å². The molecule has 3 aromatic carbocycles. The van der Waals surface area contributed by atoms with Crippen molar-refractivity contribution in [1.29, 1.82) is 0 Å². The van der Waals surface area contributed by atoms with Crippen LogP contribution in [0.1, 0.15) is 22.2 Å². The highest BCUT2D eigenvalue weighted by atomic mass is 32.1. The number of Topliss-reactive ketones (excluding diaryl/α,β-unsaturated/α-hetero) is 1. The Morgan fingerprint density at radius 1 is 0.974 bits per heavy atom. The summed E-state index contributed by atoms with van der Waals surface area (Å²) >= 11 is 1.26. The molecule has 3 heterocycles. The number of amides is 1. The number of nitrogens with zero attached hydrogens (tertiary/aromatic N) is 2. The Hall–Kier alpha value is -4.89. The largest absolute Gasteiger partial charge is 0.503 e. The van der Waals surface area contributed by atoms with E-state index in [4.69, 9.17) is 13.9 Å². The van der Waals surface area contributed by atoms with Gasteiger partial charge in [-0.1, -0.05) is 41.7 Å². The molecule has 1 unspecified atom stereocenters. The van der Waals surface area contributed by atoms with Crippen LogP contribution in [0.3, 0.4) is 0 Å². The van der Waals surface area contributed by atoms with Crippen LogP contribution < -0.4 is 14.4 Å². The summed E-state index contributed by atoms with van der Waals surface area (Å²) in [7, 11) is 1.57. The Kier molecular flexibility index (Phi) is 5.89. The Morgan fingerprint density at radius 3 is 2.55 bits per heavy atom. The fraction of sp³-hybridized carbons (Fsp3) is 0.0690. The van der Waals surface area contributed by atoms with Gasteiger partial charge in [-0.05, 0) is 60.2 Å². The van der Waals surface area contributed by atoms with Gasteiger partial charge in [0.25, 0.3) is 5.91 Å². The van der Waals surface area contributed by atoms with Crippen molar-refractivity contribution >= 4 is 38.4 Å². The maximum absolute atomic E-state index is 13.5. The predicted octanol–water partition coefficient (Wildman–Crippen LogP) is 6.47. The Balaban J connectivity index is 1.47. The van der Waals surface area contributed by atoms with Crippen molar-refractivity contribution in [3.8, 4) is 17.2 Å². The number of furan rings is 1. The molecule has 0 bridgehead atoms. The summed E-state index contributed by atoms with van der Waals surface area (Å²) in [5, 5.41) is 11.3. The molecule has 1 aliphatic rings. The molecule has 0 spiro atoms. The summed E-state index contributed by atoms with van der Waals surface area (Å²) in [6, 6.07) is 23.8. The summed E-state index contributed by atoms with van der Waals surface area (Å²) in [6.07, 6.45) is 1.36. The third-order valence-electron chi connectivity index (χ3n) is 6.14. The first kappa shape index (κ1) is 23.5. The average Bonchev–Trinajstić information content (AvgIpc) is 3.67. The number of methoxy groups -OCH3 is 1. The van der Waals surface area contributed by atoms with E-state index in [9.17, 15) is 14.7 Å². The molecule has 0 fully saturated rings. The van der Waals surface area contributed by atoms with Crippen LogP contribution in [0.4, 0.5) is 5.13 Å². The van der Waals surface area contributed by atoms with Crippen molar-refractivity contribution in [2.75, 3.05) is 12.0 Å². The number of aliphatic hydroxyl groups is 1. The van der Waals surface area contributed by atoms with E-state index >= 15 is 0 Å². The van der Waals surface area contributed by atoms with Crippen molar-refractivity contribution in [3.05, 3.63) is 114 Å². The number of para-hydroxylation sites is 1. The second-order valence-corrected chi connectivity index (χ2v) is 9.47. The normalized spacial score (nSPS) is 15.3. The summed E-state index contributed by atoms with van der Waals surface area (Å²) in [5.41, 5.74) is 1.12. The molecule has 1 amide bonds. The minimum Gasteiger partial charge on any atom is -0.503 e. The molecule has 1 aliphatic heterocycles. The molecule has 188 valence electrons. The predicted molar refractivity (Wildman–Crippen MR) is 142 cm³/mol. The SMILES string of the molecule is COc1ccc2nc(N3C(=O)C(O)=C(C(=O)c4ccco4)C3c3cccc(Oc4ccccc4)c3)sc2c1. The van der Waals surface area contributed by atoms with Crippen molar-refractivity contribution in [2.45, 2.75) is 6.04 Å². The van der Waals surface area contributed by atoms with Gasteiger partial charge < -0.3 is 19.0 Å². The number of aromatic nitrogens is 1. The first-order valence-electron chi connectivity index (χ1n) is 11.7. The first-order valence-corrected chi connectivity index (χ1v) is 12.5. The molecule has 1 atom stereocenters. The molecule has 1 N–H and O–H groups in total. The lowest BCUT2D eigenvalue weighted by molar-refractivity contribution is -0.117. The summed E-state index contributed by atoms with van der Waals surface area (Å²) in [4.78, 5) is 33.0. The molecule has 0 saturated heterocycles. The van der Waals surface area contributed by atoms with Crippen LogP contribution in [0.15, 0.2) is 107 Å². The number of ether oxygens (including phenoxy) is 2. The van der Waals surface area contributed by atoms with Gasteiger partial charge in [0, 0.05) is 0 Å². The standard InChI is InChI=1S/C29H20N2O6S/c1-35-19-12-13-21-23(16-19)38-29(30-21)31-25(24(27(33)28(31)34)26(32)22-11-6-14-36-22)17-7-5-10-20(15-17)37-18-8-3-2-4-9-18/h2-16,25,33H,1H3. The molecule has 6 rings (SSSR count). The van der Waals surface area contributed by atoms with Gasteiger partial charge in [-0.3, -0.25) is 14.5 Å². The van der Waals surface area contributed by atoms with Crippen LogP contribution in [-0.4, -0.2) is 28.9 Å². The van der Waals surface area contributed by atoms with E-state index in [1.807, 2.05) is 36.4 Å². The number of anilines is 1. The van der Waals surface area contributed by atoms with E-state index in [0.29, 0.717) is 33.5 Å². The number of carbonyl (C=O) groups is 2.